The maximum Gasteiger partial charge on any atom is 0.256 e. The van der Waals surface area contributed by atoms with Gasteiger partial charge in [0.05, 0.1) is 18.2 Å². The lowest BCUT2D eigenvalue weighted by Gasteiger charge is -2.35. The zero-order valence-corrected chi connectivity index (χ0v) is 10.7. The zero-order chi connectivity index (χ0) is 13.1. The minimum Gasteiger partial charge on any atom is -0.398 e. The number of likely N-dealkylation sites (tertiary alicyclic amines) is 1. The van der Waals surface area contributed by atoms with Gasteiger partial charge in [-0.1, -0.05) is 11.6 Å². The highest BCUT2D eigenvalue weighted by Crippen LogP contribution is 2.22. The number of amides is 1. The molecule has 18 heavy (non-hydrogen) atoms. The molecule has 0 bridgehead atoms. The van der Waals surface area contributed by atoms with Gasteiger partial charge in [-0.2, -0.15) is 0 Å². The Morgan fingerprint density at radius 2 is 2.28 bits per heavy atom. The molecule has 98 valence electrons. The van der Waals surface area contributed by atoms with Crippen molar-refractivity contribution in [2.45, 2.75) is 32.2 Å². The lowest BCUT2D eigenvalue weighted by Crippen LogP contribution is -2.45. The van der Waals surface area contributed by atoms with Gasteiger partial charge >= 0.3 is 0 Å². The summed E-state index contributed by atoms with van der Waals surface area (Å²) >= 11 is 0. The van der Waals surface area contributed by atoms with Gasteiger partial charge in [0.25, 0.3) is 5.91 Å². The Morgan fingerprint density at radius 3 is 3.00 bits per heavy atom. The smallest absolute Gasteiger partial charge is 0.256 e. The van der Waals surface area contributed by atoms with E-state index in [2.05, 4.69) is 0 Å². The van der Waals surface area contributed by atoms with Crippen LogP contribution in [0.2, 0.25) is 0 Å². The Kier molecular flexibility index (Phi) is 3.87. The number of nitrogens with zero attached hydrogens (tertiary/aromatic N) is 1. The third kappa shape index (κ3) is 2.48. The maximum absolute atomic E-state index is 12.5. The van der Waals surface area contributed by atoms with Crippen molar-refractivity contribution in [1.82, 2.24) is 4.90 Å². The van der Waals surface area contributed by atoms with E-state index in [1.165, 1.54) is 0 Å². The van der Waals surface area contributed by atoms with Crippen LogP contribution in [0.1, 0.15) is 35.2 Å². The number of hydrogen-bond acceptors (Lipinski definition) is 3. The van der Waals surface area contributed by atoms with Crippen LogP contribution in [0.25, 0.3) is 0 Å². The first kappa shape index (κ1) is 12.9. The molecule has 1 unspecified atom stereocenters. The van der Waals surface area contributed by atoms with Crippen LogP contribution in [-0.4, -0.2) is 35.1 Å². The molecule has 4 nitrogen and oxygen atoms in total. The van der Waals surface area contributed by atoms with Crippen molar-refractivity contribution in [2.75, 3.05) is 18.9 Å². The fourth-order valence-corrected chi connectivity index (χ4v) is 2.47. The number of hydrogen-bond donors (Lipinski definition) is 2. The lowest BCUT2D eigenvalue weighted by molar-refractivity contribution is 0.0504. The summed E-state index contributed by atoms with van der Waals surface area (Å²) in [5.74, 6) is -0.0602. The van der Waals surface area contributed by atoms with E-state index in [9.17, 15) is 9.90 Å². The maximum atomic E-state index is 12.5. The third-order valence-corrected chi connectivity index (χ3v) is 3.54. The van der Waals surface area contributed by atoms with E-state index in [-0.39, 0.29) is 18.6 Å². The van der Waals surface area contributed by atoms with Crippen molar-refractivity contribution in [1.29, 1.82) is 0 Å². The molecule has 1 amide bonds. The second-order valence-electron chi connectivity index (χ2n) is 4.92. The summed E-state index contributed by atoms with van der Waals surface area (Å²) < 4.78 is 0. The van der Waals surface area contributed by atoms with Crippen LogP contribution in [0.4, 0.5) is 5.69 Å². The molecule has 1 atom stereocenters. The van der Waals surface area contributed by atoms with Gasteiger partial charge in [0.2, 0.25) is 0 Å². The van der Waals surface area contributed by atoms with Crippen LogP contribution < -0.4 is 5.73 Å². The van der Waals surface area contributed by atoms with Gasteiger partial charge in [-0.25, -0.2) is 0 Å². The van der Waals surface area contributed by atoms with E-state index in [4.69, 9.17) is 5.73 Å². The van der Waals surface area contributed by atoms with E-state index >= 15 is 0 Å². The Bertz CT molecular complexity index is 445. The SMILES string of the molecule is Cc1ccc(N)c(C(=O)N2CCCCC2CO)c1. The molecule has 1 aromatic carbocycles. The largest absolute Gasteiger partial charge is 0.398 e. The Hall–Kier alpha value is -1.55. The Balaban J connectivity index is 2.26. The lowest BCUT2D eigenvalue weighted by atomic mass is 10.0. The minimum atomic E-state index is -0.0637. The first-order valence-corrected chi connectivity index (χ1v) is 6.41. The molecular formula is C14H20N2O2. The zero-order valence-electron chi connectivity index (χ0n) is 10.7. The molecule has 4 heteroatoms. The second kappa shape index (κ2) is 5.40. The van der Waals surface area contributed by atoms with Crippen molar-refractivity contribution in [2.24, 2.45) is 0 Å². The molecule has 1 heterocycles. The van der Waals surface area contributed by atoms with Crippen molar-refractivity contribution < 1.29 is 9.90 Å². The molecule has 3 N–H and O–H groups in total. The summed E-state index contributed by atoms with van der Waals surface area (Å²) in [7, 11) is 0. The predicted octanol–water partition coefficient (Wildman–Crippen LogP) is 1.56. The summed E-state index contributed by atoms with van der Waals surface area (Å²) in [5.41, 5.74) is 7.95. The molecule has 1 aromatic rings. The van der Waals surface area contributed by atoms with Crippen molar-refractivity contribution >= 4 is 11.6 Å². The minimum absolute atomic E-state index is 0.0253. The molecule has 1 aliphatic rings. The van der Waals surface area contributed by atoms with Crippen LogP contribution in [0.5, 0.6) is 0 Å². The van der Waals surface area contributed by atoms with Gasteiger partial charge in [-0.15, -0.1) is 0 Å². The summed E-state index contributed by atoms with van der Waals surface area (Å²) in [6.07, 6.45) is 2.93. The van der Waals surface area contributed by atoms with Crippen LogP contribution in [0.3, 0.4) is 0 Å². The first-order valence-electron chi connectivity index (χ1n) is 6.41. The fraction of sp³-hybridized carbons (Fsp3) is 0.500. The number of rotatable bonds is 2. The summed E-state index contributed by atoms with van der Waals surface area (Å²) in [5, 5.41) is 9.36. The summed E-state index contributed by atoms with van der Waals surface area (Å²) in [6, 6.07) is 5.42. The first-order chi connectivity index (χ1) is 8.63. The highest BCUT2D eigenvalue weighted by atomic mass is 16.3. The number of nitrogen functional groups attached to an aromatic ring is 1. The number of carbonyl (C=O) groups excluding carboxylic acids is 1. The third-order valence-electron chi connectivity index (χ3n) is 3.54. The number of anilines is 1. The van der Waals surface area contributed by atoms with E-state index in [0.717, 1.165) is 24.8 Å². The molecule has 0 aromatic heterocycles. The Labute approximate surface area is 107 Å². The molecule has 1 aliphatic heterocycles. The molecule has 0 radical (unpaired) electrons. The van der Waals surface area contributed by atoms with Gasteiger partial charge in [0.1, 0.15) is 0 Å². The number of nitrogens with two attached hydrogens (primary N) is 1. The Morgan fingerprint density at radius 1 is 1.50 bits per heavy atom. The van der Waals surface area contributed by atoms with Crippen molar-refractivity contribution in [3.63, 3.8) is 0 Å². The quantitative estimate of drug-likeness (QED) is 0.781. The van der Waals surface area contributed by atoms with Crippen LogP contribution in [0, 0.1) is 6.92 Å². The van der Waals surface area contributed by atoms with Gasteiger partial charge in [0, 0.05) is 12.2 Å². The molecule has 1 fully saturated rings. The molecule has 0 saturated carbocycles. The fourth-order valence-electron chi connectivity index (χ4n) is 2.47. The number of aliphatic hydroxyl groups is 1. The normalized spacial score (nSPS) is 19.9. The number of piperidine rings is 1. The van der Waals surface area contributed by atoms with Crippen LogP contribution in [0.15, 0.2) is 18.2 Å². The van der Waals surface area contributed by atoms with E-state index in [1.54, 1.807) is 11.0 Å². The van der Waals surface area contributed by atoms with Gasteiger partial charge < -0.3 is 15.7 Å². The average molecular weight is 248 g/mol. The highest BCUT2D eigenvalue weighted by molar-refractivity contribution is 5.99. The molecular weight excluding hydrogens is 228 g/mol. The van der Waals surface area contributed by atoms with Crippen LogP contribution in [-0.2, 0) is 0 Å². The van der Waals surface area contributed by atoms with Gasteiger partial charge in [0.15, 0.2) is 0 Å². The standard InChI is InChI=1S/C14H20N2O2/c1-10-5-6-13(15)12(8-10)14(18)16-7-3-2-4-11(16)9-17/h5-6,8,11,17H,2-4,7,9,15H2,1H3. The number of aryl methyl sites for hydroxylation is 1. The summed E-state index contributed by atoms with van der Waals surface area (Å²) in [4.78, 5) is 14.2. The molecule has 0 aliphatic carbocycles. The predicted molar refractivity (Wildman–Crippen MR) is 71.4 cm³/mol. The van der Waals surface area contributed by atoms with Crippen molar-refractivity contribution in [3.05, 3.63) is 29.3 Å². The van der Waals surface area contributed by atoms with Gasteiger partial charge in [-0.3, -0.25) is 4.79 Å². The monoisotopic (exact) mass is 248 g/mol. The number of carbonyl (C=O) groups is 1. The van der Waals surface area contributed by atoms with E-state index < -0.39 is 0 Å². The van der Waals surface area contributed by atoms with Crippen LogP contribution >= 0.6 is 0 Å². The second-order valence-corrected chi connectivity index (χ2v) is 4.92. The average Bonchev–Trinajstić information content (AvgIpc) is 2.40. The van der Waals surface area contributed by atoms with Crippen molar-refractivity contribution in [3.8, 4) is 0 Å². The molecule has 0 spiro atoms. The molecule has 2 rings (SSSR count). The molecule has 1 saturated heterocycles. The number of aliphatic hydroxyl groups excluding tert-OH is 1. The summed E-state index contributed by atoms with van der Waals surface area (Å²) in [6.45, 7) is 2.67. The van der Waals surface area contributed by atoms with E-state index in [1.807, 2.05) is 19.1 Å². The highest BCUT2D eigenvalue weighted by Gasteiger charge is 2.27. The van der Waals surface area contributed by atoms with Gasteiger partial charge in [-0.05, 0) is 38.3 Å². The van der Waals surface area contributed by atoms with E-state index in [0.29, 0.717) is 17.8 Å². The number of benzene rings is 1. The topological polar surface area (TPSA) is 66.6 Å².